The van der Waals surface area contributed by atoms with Crippen LogP contribution in [0.4, 0.5) is 0 Å². The van der Waals surface area contributed by atoms with Crippen molar-refractivity contribution in [3.63, 3.8) is 0 Å². The molecule has 3 N–H and O–H groups in total. The minimum atomic E-state index is -1.01. The van der Waals surface area contributed by atoms with Crippen LogP contribution < -0.4 is 20.1 Å². The van der Waals surface area contributed by atoms with Crippen LogP contribution >= 0.6 is 0 Å². The maximum absolute atomic E-state index is 10.8. The molecule has 0 aromatic heterocycles. The minimum Gasteiger partial charge on any atom is -0.496 e. The summed E-state index contributed by atoms with van der Waals surface area (Å²) in [6.07, 6.45) is 1.08. The first-order valence-electron chi connectivity index (χ1n) is 10.1. The van der Waals surface area contributed by atoms with E-state index in [0.29, 0.717) is 19.0 Å². The number of nitrogens with one attached hydrogen (secondary N) is 2. The number of hydrogen-bond acceptors (Lipinski definition) is 4. The van der Waals surface area contributed by atoms with Gasteiger partial charge in [-0.25, -0.2) is 4.99 Å². The van der Waals surface area contributed by atoms with Crippen LogP contribution in [0.2, 0.25) is 0 Å². The molecular weight excluding hydrogens is 366 g/mol. The van der Waals surface area contributed by atoms with E-state index in [2.05, 4.69) is 22.5 Å². The Morgan fingerprint density at radius 2 is 2.03 bits per heavy atom. The van der Waals surface area contributed by atoms with Crippen molar-refractivity contribution in [3.8, 4) is 11.5 Å². The van der Waals surface area contributed by atoms with Crippen molar-refractivity contribution in [2.24, 2.45) is 4.99 Å². The van der Waals surface area contributed by atoms with E-state index < -0.39 is 5.60 Å². The second kappa shape index (κ2) is 9.18. The van der Waals surface area contributed by atoms with Gasteiger partial charge in [-0.3, -0.25) is 0 Å². The predicted octanol–water partition coefficient (Wildman–Crippen LogP) is 2.98. The number of aliphatic hydroxyl groups is 1. The number of methoxy groups -OCH3 is 1. The molecule has 0 saturated heterocycles. The fourth-order valence-corrected chi connectivity index (χ4v) is 3.46. The van der Waals surface area contributed by atoms with Crippen molar-refractivity contribution >= 4 is 5.96 Å². The SMILES string of the molecule is CCNC(=NCc1cc2c(cc1OC)CC(C)O2)NCC(C)(O)c1ccccc1. The molecule has 2 aromatic rings. The summed E-state index contributed by atoms with van der Waals surface area (Å²) in [6, 6.07) is 13.7. The number of aliphatic imine (C=N–C) groups is 1. The van der Waals surface area contributed by atoms with Gasteiger partial charge in [0.25, 0.3) is 0 Å². The average Bonchev–Trinajstić information content (AvgIpc) is 3.08. The van der Waals surface area contributed by atoms with E-state index in [-0.39, 0.29) is 6.10 Å². The highest BCUT2D eigenvalue weighted by Crippen LogP contribution is 2.35. The van der Waals surface area contributed by atoms with Crippen LogP contribution in [0, 0.1) is 0 Å². The van der Waals surface area contributed by atoms with Gasteiger partial charge >= 0.3 is 0 Å². The molecule has 0 bridgehead atoms. The lowest BCUT2D eigenvalue weighted by molar-refractivity contribution is 0.0617. The van der Waals surface area contributed by atoms with Crippen molar-refractivity contribution in [1.29, 1.82) is 0 Å². The molecule has 6 heteroatoms. The standard InChI is InChI=1S/C23H31N3O3/c1-5-24-22(26-15-23(3,27)19-9-7-6-8-10-19)25-14-18-13-21-17(11-16(2)29-21)12-20(18)28-4/h6-10,12-13,16,27H,5,11,14-15H2,1-4H3,(H2,24,25,26). The second-order valence-electron chi connectivity index (χ2n) is 7.59. The van der Waals surface area contributed by atoms with Gasteiger partial charge in [0.15, 0.2) is 5.96 Å². The molecule has 1 aliphatic heterocycles. The molecule has 6 nitrogen and oxygen atoms in total. The Hall–Kier alpha value is -2.73. The minimum absolute atomic E-state index is 0.188. The molecule has 1 aliphatic rings. The van der Waals surface area contributed by atoms with Gasteiger partial charge in [-0.05, 0) is 38.5 Å². The number of rotatable bonds is 7. The van der Waals surface area contributed by atoms with E-state index in [1.807, 2.05) is 49.4 Å². The van der Waals surface area contributed by atoms with Gasteiger partial charge in [0.05, 0.1) is 20.2 Å². The van der Waals surface area contributed by atoms with E-state index in [1.54, 1.807) is 14.0 Å². The van der Waals surface area contributed by atoms with Crippen molar-refractivity contribution in [2.45, 2.75) is 45.4 Å². The zero-order valence-electron chi connectivity index (χ0n) is 17.7. The van der Waals surface area contributed by atoms with Crippen LogP contribution in [0.3, 0.4) is 0 Å². The fourth-order valence-electron chi connectivity index (χ4n) is 3.46. The third kappa shape index (κ3) is 5.21. The highest BCUT2D eigenvalue weighted by molar-refractivity contribution is 5.79. The monoisotopic (exact) mass is 397 g/mol. The maximum atomic E-state index is 10.8. The highest BCUT2D eigenvalue weighted by Gasteiger charge is 2.24. The first-order valence-corrected chi connectivity index (χ1v) is 10.1. The van der Waals surface area contributed by atoms with E-state index in [1.165, 1.54) is 5.56 Å². The summed E-state index contributed by atoms with van der Waals surface area (Å²) in [5.41, 5.74) is 1.99. The maximum Gasteiger partial charge on any atom is 0.191 e. The number of nitrogens with zero attached hydrogens (tertiary/aromatic N) is 1. The molecule has 0 radical (unpaired) electrons. The number of benzene rings is 2. The van der Waals surface area contributed by atoms with Gasteiger partial charge < -0.3 is 25.2 Å². The van der Waals surface area contributed by atoms with E-state index in [4.69, 9.17) is 9.47 Å². The van der Waals surface area contributed by atoms with Gasteiger partial charge in [-0.15, -0.1) is 0 Å². The molecule has 29 heavy (non-hydrogen) atoms. The van der Waals surface area contributed by atoms with E-state index >= 15 is 0 Å². The van der Waals surface area contributed by atoms with Crippen molar-refractivity contribution in [2.75, 3.05) is 20.2 Å². The van der Waals surface area contributed by atoms with Crippen LogP contribution in [0.25, 0.3) is 0 Å². The molecule has 2 atom stereocenters. The number of hydrogen-bond donors (Lipinski definition) is 3. The largest absolute Gasteiger partial charge is 0.496 e. The third-order valence-electron chi connectivity index (χ3n) is 5.05. The lowest BCUT2D eigenvalue weighted by Gasteiger charge is -2.25. The van der Waals surface area contributed by atoms with Crippen LogP contribution in [0.1, 0.15) is 37.5 Å². The van der Waals surface area contributed by atoms with Gasteiger partial charge in [0.1, 0.15) is 23.2 Å². The number of ether oxygens (including phenoxy) is 2. The van der Waals surface area contributed by atoms with Crippen molar-refractivity contribution < 1.29 is 14.6 Å². The van der Waals surface area contributed by atoms with Gasteiger partial charge in [0, 0.05) is 24.1 Å². The van der Waals surface area contributed by atoms with E-state index in [0.717, 1.165) is 35.6 Å². The molecule has 156 valence electrons. The molecule has 0 fully saturated rings. The fraction of sp³-hybridized carbons (Fsp3) is 0.435. The smallest absolute Gasteiger partial charge is 0.191 e. The van der Waals surface area contributed by atoms with Crippen LogP contribution in [0.15, 0.2) is 47.5 Å². The zero-order chi connectivity index (χ0) is 20.9. The zero-order valence-corrected chi connectivity index (χ0v) is 17.7. The molecule has 0 spiro atoms. The Kier molecular flexibility index (Phi) is 6.64. The Bertz CT molecular complexity index is 850. The summed E-state index contributed by atoms with van der Waals surface area (Å²) in [4.78, 5) is 4.68. The van der Waals surface area contributed by atoms with E-state index in [9.17, 15) is 5.11 Å². The van der Waals surface area contributed by atoms with Gasteiger partial charge in [-0.2, -0.15) is 0 Å². The molecule has 0 saturated carbocycles. The number of fused-ring (bicyclic) bond motifs is 1. The third-order valence-corrected chi connectivity index (χ3v) is 5.05. The van der Waals surface area contributed by atoms with Crippen LogP contribution in [0.5, 0.6) is 11.5 Å². The lowest BCUT2D eigenvalue weighted by atomic mass is 9.96. The lowest BCUT2D eigenvalue weighted by Crippen LogP contribution is -2.44. The Morgan fingerprint density at radius 3 is 2.72 bits per heavy atom. The van der Waals surface area contributed by atoms with Gasteiger partial charge in [-0.1, -0.05) is 30.3 Å². The second-order valence-corrected chi connectivity index (χ2v) is 7.59. The average molecular weight is 398 g/mol. The Morgan fingerprint density at radius 1 is 1.28 bits per heavy atom. The summed E-state index contributed by atoms with van der Waals surface area (Å²) in [7, 11) is 1.68. The Balaban J connectivity index is 1.72. The number of guanidine groups is 1. The quantitative estimate of drug-likeness (QED) is 0.495. The van der Waals surface area contributed by atoms with Gasteiger partial charge in [0.2, 0.25) is 0 Å². The summed E-state index contributed by atoms with van der Waals surface area (Å²) in [6.45, 7) is 7.37. The van der Waals surface area contributed by atoms with Crippen LogP contribution in [-0.2, 0) is 18.6 Å². The summed E-state index contributed by atoms with van der Waals surface area (Å²) >= 11 is 0. The summed E-state index contributed by atoms with van der Waals surface area (Å²) in [5, 5.41) is 17.3. The predicted molar refractivity (Wildman–Crippen MR) is 116 cm³/mol. The summed E-state index contributed by atoms with van der Waals surface area (Å²) < 4.78 is 11.4. The summed E-state index contributed by atoms with van der Waals surface area (Å²) in [5.74, 6) is 2.37. The first-order chi connectivity index (χ1) is 13.9. The highest BCUT2D eigenvalue weighted by atomic mass is 16.5. The molecule has 1 heterocycles. The first kappa shape index (κ1) is 21.0. The molecular formula is C23H31N3O3. The molecule has 2 aromatic carbocycles. The normalized spacial score (nSPS) is 17.8. The molecule has 2 unspecified atom stereocenters. The molecule has 3 rings (SSSR count). The molecule has 0 amide bonds. The van der Waals surface area contributed by atoms with Crippen molar-refractivity contribution in [3.05, 3.63) is 59.2 Å². The van der Waals surface area contributed by atoms with Crippen LogP contribution in [-0.4, -0.2) is 37.4 Å². The topological polar surface area (TPSA) is 75.1 Å². The van der Waals surface area contributed by atoms with Crippen molar-refractivity contribution in [1.82, 2.24) is 10.6 Å². The Labute approximate surface area is 173 Å². The molecule has 0 aliphatic carbocycles.